The van der Waals surface area contributed by atoms with Crippen LogP contribution in [0.25, 0.3) is 0 Å². The second kappa shape index (κ2) is 4.87. The Hall–Kier alpha value is -1.11. The van der Waals surface area contributed by atoms with Crippen molar-refractivity contribution in [3.05, 3.63) is 39.9 Å². The minimum atomic E-state index is -3.64. The van der Waals surface area contributed by atoms with Gasteiger partial charge in [0.1, 0.15) is 0 Å². The van der Waals surface area contributed by atoms with E-state index in [-0.39, 0.29) is 4.90 Å². The molecular formula is C11H11ClN2O2S2. The minimum absolute atomic E-state index is 0.169. The first-order chi connectivity index (χ1) is 8.40. The largest absolute Gasteiger partial charge is 0.263 e. The number of hydrogen-bond acceptors (Lipinski definition) is 4. The van der Waals surface area contributed by atoms with Gasteiger partial charge in [0.05, 0.1) is 10.6 Å². The summed E-state index contributed by atoms with van der Waals surface area (Å²) in [7, 11) is -3.64. The van der Waals surface area contributed by atoms with Crippen LogP contribution in [-0.2, 0) is 10.0 Å². The van der Waals surface area contributed by atoms with E-state index in [0.29, 0.717) is 15.7 Å². The van der Waals surface area contributed by atoms with Crippen LogP contribution in [0.1, 0.15) is 11.3 Å². The number of rotatable bonds is 3. The number of anilines is 1. The van der Waals surface area contributed by atoms with Gasteiger partial charge in [-0.1, -0.05) is 17.7 Å². The minimum Gasteiger partial charge on any atom is -0.255 e. The monoisotopic (exact) mass is 302 g/mol. The van der Waals surface area contributed by atoms with E-state index in [1.807, 2.05) is 0 Å². The normalized spacial score (nSPS) is 11.5. The van der Waals surface area contributed by atoms with Gasteiger partial charge in [-0.2, -0.15) is 0 Å². The highest BCUT2D eigenvalue weighted by Gasteiger charge is 2.19. The molecule has 0 aliphatic rings. The van der Waals surface area contributed by atoms with Crippen molar-refractivity contribution in [3.8, 4) is 0 Å². The molecule has 1 N–H and O–H groups in total. The van der Waals surface area contributed by atoms with Gasteiger partial charge in [-0.25, -0.2) is 13.4 Å². The SMILES string of the molecule is Cc1csc(NS(=O)(=O)c2cccc(Cl)c2C)n1. The quantitative estimate of drug-likeness (QED) is 0.947. The van der Waals surface area contributed by atoms with Gasteiger partial charge in [0, 0.05) is 10.4 Å². The number of halogens is 1. The van der Waals surface area contributed by atoms with Crippen molar-refractivity contribution < 1.29 is 8.42 Å². The predicted molar refractivity (Wildman–Crippen MR) is 73.8 cm³/mol. The van der Waals surface area contributed by atoms with Crippen LogP contribution >= 0.6 is 22.9 Å². The van der Waals surface area contributed by atoms with Crippen LogP contribution in [0, 0.1) is 13.8 Å². The van der Waals surface area contributed by atoms with Gasteiger partial charge in [0.25, 0.3) is 10.0 Å². The molecule has 0 spiro atoms. The zero-order chi connectivity index (χ0) is 13.3. The molecule has 0 amide bonds. The maximum atomic E-state index is 12.2. The Bertz CT molecular complexity index is 680. The number of aromatic nitrogens is 1. The molecule has 0 aliphatic heterocycles. The van der Waals surface area contributed by atoms with Gasteiger partial charge < -0.3 is 0 Å². The van der Waals surface area contributed by atoms with E-state index in [1.165, 1.54) is 17.4 Å². The van der Waals surface area contributed by atoms with Gasteiger partial charge in [0.2, 0.25) is 0 Å². The zero-order valence-corrected chi connectivity index (χ0v) is 12.2. The summed E-state index contributed by atoms with van der Waals surface area (Å²) in [6.45, 7) is 3.48. The molecule has 1 heterocycles. The number of nitrogens with zero attached hydrogens (tertiary/aromatic N) is 1. The molecule has 18 heavy (non-hydrogen) atoms. The summed E-state index contributed by atoms with van der Waals surface area (Å²) in [5, 5.41) is 2.56. The molecule has 1 aromatic carbocycles. The fourth-order valence-corrected chi connectivity index (χ4v) is 3.89. The van der Waals surface area contributed by atoms with Crippen LogP contribution in [0.3, 0.4) is 0 Å². The Labute approximate surface area is 115 Å². The van der Waals surface area contributed by atoms with E-state index >= 15 is 0 Å². The number of aryl methyl sites for hydroxylation is 1. The Morgan fingerprint density at radius 2 is 2.06 bits per heavy atom. The molecular weight excluding hydrogens is 292 g/mol. The molecule has 0 bridgehead atoms. The van der Waals surface area contributed by atoms with Crippen molar-refractivity contribution in [2.75, 3.05) is 4.72 Å². The molecule has 2 rings (SSSR count). The second-order valence-corrected chi connectivity index (χ2v) is 6.68. The van der Waals surface area contributed by atoms with Crippen LogP contribution in [-0.4, -0.2) is 13.4 Å². The van der Waals surface area contributed by atoms with E-state index < -0.39 is 10.0 Å². The molecule has 0 unspecified atom stereocenters. The van der Waals surface area contributed by atoms with Gasteiger partial charge >= 0.3 is 0 Å². The molecule has 2 aromatic rings. The number of thiazole rings is 1. The van der Waals surface area contributed by atoms with Crippen LogP contribution < -0.4 is 4.72 Å². The van der Waals surface area contributed by atoms with E-state index in [1.54, 1.807) is 31.4 Å². The number of nitrogens with one attached hydrogen (secondary N) is 1. The van der Waals surface area contributed by atoms with Crippen LogP contribution in [0.15, 0.2) is 28.5 Å². The van der Waals surface area contributed by atoms with Gasteiger partial charge in [-0.15, -0.1) is 11.3 Å². The standard InChI is InChI=1S/C11H11ClN2O2S2/c1-7-6-17-11(13-7)14-18(15,16)10-5-3-4-9(12)8(10)2/h3-6H,1-2H3,(H,13,14). The third-order valence-electron chi connectivity index (χ3n) is 2.35. The summed E-state index contributed by atoms with van der Waals surface area (Å²) in [4.78, 5) is 4.24. The van der Waals surface area contributed by atoms with E-state index in [4.69, 9.17) is 11.6 Å². The van der Waals surface area contributed by atoms with E-state index in [9.17, 15) is 8.42 Å². The topological polar surface area (TPSA) is 59.1 Å². The van der Waals surface area contributed by atoms with E-state index in [2.05, 4.69) is 9.71 Å². The van der Waals surface area contributed by atoms with Crippen molar-refractivity contribution in [1.29, 1.82) is 0 Å². The second-order valence-electron chi connectivity index (χ2n) is 3.76. The van der Waals surface area contributed by atoms with Crippen LogP contribution in [0.2, 0.25) is 5.02 Å². The summed E-state index contributed by atoms with van der Waals surface area (Å²) >= 11 is 7.17. The Kier molecular flexibility index (Phi) is 3.61. The maximum absolute atomic E-state index is 12.2. The first kappa shape index (κ1) is 13.3. The highest BCUT2D eigenvalue weighted by atomic mass is 35.5. The first-order valence-corrected chi connectivity index (χ1v) is 7.84. The molecule has 0 atom stereocenters. The van der Waals surface area contributed by atoms with Gasteiger partial charge in [-0.3, -0.25) is 4.72 Å². The van der Waals surface area contributed by atoms with Crippen molar-refractivity contribution in [1.82, 2.24) is 4.98 Å². The number of benzene rings is 1. The lowest BCUT2D eigenvalue weighted by molar-refractivity contribution is 0.600. The summed E-state index contributed by atoms with van der Waals surface area (Å²) in [5.74, 6) is 0. The van der Waals surface area contributed by atoms with Crippen molar-refractivity contribution in [2.45, 2.75) is 18.7 Å². The smallest absolute Gasteiger partial charge is 0.255 e. The average Bonchev–Trinajstić information content (AvgIpc) is 2.67. The fourth-order valence-electron chi connectivity index (χ4n) is 1.45. The third-order valence-corrected chi connectivity index (χ3v) is 5.25. The summed E-state index contributed by atoms with van der Waals surface area (Å²) < 4.78 is 26.8. The highest BCUT2D eigenvalue weighted by Crippen LogP contribution is 2.25. The predicted octanol–water partition coefficient (Wildman–Crippen LogP) is 3.21. The summed E-state index contributed by atoms with van der Waals surface area (Å²) in [5.41, 5.74) is 1.31. The molecule has 96 valence electrons. The van der Waals surface area contributed by atoms with Gasteiger partial charge in [0.15, 0.2) is 5.13 Å². The average molecular weight is 303 g/mol. The molecule has 4 nitrogen and oxygen atoms in total. The number of sulfonamides is 1. The molecule has 0 radical (unpaired) electrons. The summed E-state index contributed by atoms with van der Waals surface area (Å²) in [6, 6.07) is 4.78. The Morgan fingerprint density at radius 1 is 1.33 bits per heavy atom. The molecule has 7 heteroatoms. The molecule has 0 saturated carbocycles. The van der Waals surface area contributed by atoms with E-state index in [0.717, 1.165) is 5.69 Å². The lowest BCUT2D eigenvalue weighted by atomic mass is 10.2. The fraction of sp³-hybridized carbons (Fsp3) is 0.182. The van der Waals surface area contributed by atoms with Crippen molar-refractivity contribution in [2.24, 2.45) is 0 Å². The zero-order valence-electron chi connectivity index (χ0n) is 9.77. The summed E-state index contributed by atoms with van der Waals surface area (Å²) in [6.07, 6.45) is 0. The Morgan fingerprint density at radius 3 is 2.67 bits per heavy atom. The Balaban J connectivity index is 2.40. The maximum Gasteiger partial charge on any atom is 0.263 e. The molecule has 0 aliphatic carbocycles. The molecule has 0 fully saturated rings. The first-order valence-electron chi connectivity index (χ1n) is 5.10. The van der Waals surface area contributed by atoms with Crippen molar-refractivity contribution >= 4 is 38.1 Å². The molecule has 0 saturated heterocycles. The van der Waals surface area contributed by atoms with Crippen LogP contribution in [0.5, 0.6) is 0 Å². The number of hydrogen-bond donors (Lipinski definition) is 1. The third kappa shape index (κ3) is 2.66. The highest BCUT2D eigenvalue weighted by molar-refractivity contribution is 7.93. The van der Waals surface area contributed by atoms with Gasteiger partial charge in [-0.05, 0) is 31.5 Å². The molecule has 1 aromatic heterocycles. The van der Waals surface area contributed by atoms with Crippen molar-refractivity contribution in [3.63, 3.8) is 0 Å². The lowest BCUT2D eigenvalue weighted by Gasteiger charge is -2.08. The lowest BCUT2D eigenvalue weighted by Crippen LogP contribution is -2.14. The van der Waals surface area contributed by atoms with Crippen LogP contribution in [0.4, 0.5) is 5.13 Å².